The fourth-order valence-corrected chi connectivity index (χ4v) is 10.1. The van der Waals surface area contributed by atoms with Crippen molar-refractivity contribution in [1.82, 2.24) is 14.7 Å². The highest BCUT2D eigenvalue weighted by atomic mass is 35.5. The molecule has 356 valence electrons. The van der Waals surface area contributed by atoms with Crippen molar-refractivity contribution in [3.8, 4) is 5.75 Å². The molecule has 0 saturated carbocycles. The first-order valence-corrected chi connectivity index (χ1v) is 24.2. The molecule has 0 aliphatic carbocycles. The Morgan fingerprint density at radius 2 is 1.19 bits per heavy atom. The lowest BCUT2D eigenvalue weighted by atomic mass is 9.95. The van der Waals surface area contributed by atoms with E-state index in [2.05, 4.69) is 6.07 Å². The number of hydrogen-bond acceptors (Lipinski definition) is 11. The second-order valence-electron chi connectivity index (χ2n) is 16.6. The fourth-order valence-electron chi connectivity index (χ4n) is 8.71. The van der Waals surface area contributed by atoms with E-state index in [-0.39, 0.29) is 98.9 Å². The number of hydrogen-bond donors (Lipinski definition) is 0. The molecule has 0 bridgehead atoms. The average Bonchev–Trinajstić information content (AvgIpc) is 4.16. The van der Waals surface area contributed by atoms with E-state index in [9.17, 15) is 28.8 Å². The maximum absolute atomic E-state index is 14.4. The van der Waals surface area contributed by atoms with Gasteiger partial charge in [0.1, 0.15) is 5.75 Å². The summed E-state index contributed by atoms with van der Waals surface area (Å²) in [6.07, 6.45) is 1.96. The summed E-state index contributed by atoms with van der Waals surface area (Å²) >= 11 is 14.2. The number of carbonyl (C=O) groups excluding carboxylic acids is 6. The van der Waals surface area contributed by atoms with Crippen LogP contribution in [-0.4, -0.2) is 149 Å². The number of anilines is 2. The molecule has 8 rings (SSSR count). The number of thiophene rings is 1. The van der Waals surface area contributed by atoms with E-state index in [4.69, 9.17) is 42.1 Å². The van der Waals surface area contributed by atoms with Gasteiger partial charge in [0, 0.05) is 93.2 Å². The molecule has 4 aromatic carbocycles. The van der Waals surface area contributed by atoms with Gasteiger partial charge in [-0.3, -0.25) is 28.9 Å². The molecule has 2 atom stereocenters. The molecule has 6 amide bonds. The molecule has 0 saturated heterocycles. The molecular weight excluding hydrogens is 934 g/mol. The van der Waals surface area contributed by atoms with Crippen LogP contribution in [0.25, 0.3) is 21.5 Å². The van der Waals surface area contributed by atoms with E-state index < -0.39 is 6.09 Å². The summed E-state index contributed by atoms with van der Waals surface area (Å²) in [6.45, 7) is 2.93. The van der Waals surface area contributed by atoms with Crippen LogP contribution >= 0.6 is 34.5 Å². The number of carbonyl (C=O) groups is 6. The number of ether oxygens (including phenoxy) is 4. The fraction of sp³-hybridized carbons (Fsp3) is 0.360. The average molecular weight is 985 g/mol. The zero-order valence-corrected chi connectivity index (χ0v) is 40.0. The first-order valence-electron chi connectivity index (χ1n) is 22.4. The summed E-state index contributed by atoms with van der Waals surface area (Å²) in [5, 5.41) is 3.65. The number of imide groups is 1. The molecular formula is C50H51Cl2N5O10S. The molecule has 3 aliphatic rings. The molecule has 0 spiro atoms. The number of benzene rings is 4. The third-order valence-electron chi connectivity index (χ3n) is 12.3. The van der Waals surface area contributed by atoms with Gasteiger partial charge in [0.2, 0.25) is 5.91 Å². The number of halogens is 2. The number of nitrogens with zero attached hydrogens (tertiary/aromatic N) is 5. The number of likely N-dealkylation sites (N-methyl/N-ethyl adjacent to an activating group) is 2. The van der Waals surface area contributed by atoms with Crippen LogP contribution in [0.2, 0.25) is 0 Å². The topological polar surface area (TPSA) is 156 Å². The first-order chi connectivity index (χ1) is 33.0. The van der Waals surface area contributed by atoms with Crippen LogP contribution in [0.15, 0.2) is 91.0 Å². The predicted octanol–water partition coefficient (Wildman–Crippen LogP) is 7.27. The molecule has 68 heavy (non-hydrogen) atoms. The molecule has 3 aliphatic heterocycles. The zero-order chi connectivity index (χ0) is 47.9. The van der Waals surface area contributed by atoms with Crippen LogP contribution in [0.3, 0.4) is 0 Å². The van der Waals surface area contributed by atoms with E-state index >= 15 is 0 Å². The van der Waals surface area contributed by atoms with Crippen LogP contribution in [0.5, 0.6) is 5.75 Å². The van der Waals surface area contributed by atoms with E-state index in [1.807, 2.05) is 54.6 Å². The highest BCUT2D eigenvalue weighted by Crippen LogP contribution is 2.47. The van der Waals surface area contributed by atoms with Crippen molar-refractivity contribution in [2.75, 3.05) is 108 Å². The summed E-state index contributed by atoms with van der Waals surface area (Å²) in [5.41, 5.74) is 3.33. The second-order valence-corrected chi connectivity index (χ2v) is 18.3. The van der Waals surface area contributed by atoms with Crippen molar-refractivity contribution in [1.29, 1.82) is 0 Å². The number of fused-ring (bicyclic) bond motifs is 6. The number of amides is 6. The lowest BCUT2D eigenvalue weighted by Gasteiger charge is -2.23. The van der Waals surface area contributed by atoms with Gasteiger partial charge >= 0.3 is 6.09 Å². The van der Waals surface area contributed by atoms with Gasteiger partial charge in [0.15, 0.2) is 0 Å². The van der Waals surface area contributed by atoms with Crippen molar-refractivity contribution in [3.05, 3.63) is 112 Å². The van der Waals surface area contributed by atoms with Crippen LogP contribution in [-0.2, 0) is 28.6 Å². The Balaban J connectivity index is 0.838. The van der Waals surface area contributed by atoms with Gasteiger partial charge in [-0.25, -0.2) is 4.79 Å². The maximum Gasteiger partial charge on any atom is 0.415 e. The van der Waals surface area contributed by atoms with Crippen LogP contribution < -0.4 is 14.5 Å². The van der Waals surface area contributed by atoms with Gasteiger partial charge in [0.05, 0.1) is 68.0 Å². The normalized spacial score (nSPS) is 16.3. The predicted molar refractivity (Wildman–Crippen MR) is 262 cm³/mol. The van der Waals surface area contributed by atoms with Crippen molar-refractivity contribution < 1.29 is 47.7 Å². The minimum absolute atomic E-state index is 0.0325. The van der Waals surface area contributed by atoms with Gasteiger partial charge in [-0.05, 0) is 45.5 Å². The van der Waals surface area contributed by atoms with Crippen molar-refractivity contribution in [3.63, 3.8) is 0 Å². The Morgan fingerprint density at radius 1 is 0.647 bits per heavy atom. The molecule has 15 nitrogen and oxygen atoms in total. The maximum atomic E-state index is 14.4. The highest BCUT2D eigenvalue weighted by molar-refractivity contribution is 7.16. The van der Waals surface area contributed by atoms with Crippen molar-refractivity contribution in [2.45, 2.75) is 18.3 Å². The van der Waals surface area contributed by atoms with Gasteiger partial charge in [-0.1, -0.05) is 54.6 Å². The van der Waals surface area contributed by atoms with E-state index in [0.717, 1.165) is 49.2 Å². The minimum Gasteiger partial charge on any atom is -0.409 e. The third-order valence-corrected chi connectivity index (χ3v) is 14.1. The number of alkyl halides is 2. The molecule has 0 radical (unpaired) electrons. The Labute approximate surface area is 407 Å². The van der Waals surface area contributed by atoms with Crippen molar-refractivity contribution >= 4 is 103 Å². The monoisotopic (exact) mass is 983 g/mol. The molecule has 4 heterocycles. The molecule has 0 fully saturated rings. The third kappa shape index (κ3) is 10.4. The molecule has 5 aromatic rings. The molecule has 0 unspecified atom stereocenters. The lowest BCUT2D eigenvalue weighted by molar-refractivity contribution is -0.138. The SMILES string of the molecule is CN(CCN(C)C(=O)Oc1cc2c(c3ccccc13)[C@H](CCl)CN2C(=O)c1ccc(C(=O)N2C[C@@H](CCl)c3c2ccc2ccccc32)s1)C(=O)CCOCCOCCOCCN1C(=O)C=CC1=O. The molecule has 0 N–H and O–H groups in total. The Hall–Kier alpha value is -5.88. The zero-order valence-electron chi connectivity index (χ0n) is 37.7. The summed E-state index contributed by atoms with van der Waals surface area (Å²) in [6, 6.07) is 24.7. The number of rotatable bonds is 20. The largest absolute Gasteiger partial charge is 0.415 e. The summed E-state index contributed by atoms with van der Waals surface area (Å²) < 4.78 is 22.5. The Bertz CT molecular complexity index is 2750. The smallest absolute Gasteiger partial charge is 0.409 e. The second kappa shape index (κ2) is 22.0. The Kier molecular flexibility index (Phi) is 15.7. The summed E-state index contributed by atoms with van der Waals surface area (Å²) in [7, 11) is 3.24. The van der Waals surface area contributed by atoms with Gasteiger partial charge in [-0.2, -0.15) is 0 Å². The summed E-state index contributed by atoms with van der Waals surface area (Å²) in [4.78, 5) is 86.3. The molecule has 1 aromatic heterocycles. The Morgan fingerprint density at radius 3 is 1.84 bits per heavy atom. The quantitative estimate of drug-likeness (QED) is 0.0442. The van der Waals surface area contributed by atoms with Gasteiger partial charge in [0.25, 0.3) is 23.6 Å². The van der Waals surface area contributed by atoms with Crippen molar-refractivity contribution in [2.24, 2.45) is 0 Å². The van der Waals surface area contributed by atoms with Crippen LogP contribution in [0.4, 0.5) is 16.2 Å². The van der Waals surface area contributed by atoms with Gasteiger partial charge in [-0.15, -0.1) is 34.5 Å². The van der Waals surface area contributed by atoms with Crippen LogP contribution in [0, 0.1) is 0 Å². The molecule has 18 heteroatoms. The van der Waals surface area contributed by atoms with E-state index in [0.29, 0.717) is 59.6 Å². The van der Waals surface area contributed by atoms with Gasteiger partial charge < -0.3 is 38.5 Å². The lowest BCUT2D eigenvalue weighted by Crippen LogP contribution is -2.38. The van der Waals surface area contributed by atoms with Crippen LogP contribution in [0.1, 0.15) is 48.7 Å². The first kappa shape index (κ1) is 48.6. The summed E-state index contributed by atoms with van der Waals surface area (Å²) in [5.74, 6) is -0.701. The standard InChI is InChI=1S/C50H51Cl2N5O10S/c1-53(43(58)17-21-64-23-25-66-26-24-65-22-20-55-44(59)15-16-45(55)60)18-19-54(2)50(63)67-40-27-39-47(37-10-6-5-9-36(37)40)34(29-52)31-57(39)49(62)42-14-13-41(68-42)48(61)56-30-33(28-51)46-35-8-4-3-7-32(35)11-12-38(46)56/h3-16,27,33-34H,17-26,28-31H2,1-2H3/t33-,34-/m1/s1. The minimum atomic E-state index is -0.641. The highest BCUT2D eigenvalue weighted by Gasteiger charge is 2.38. The van der Waals surface area contributed by atoms with E-state index in [1.54, 1.807) is 42.1 Å². The van der Waals surface area contributed by atoms with E-state index in [1.165, 1.54) is 22.0 Å².